The predicted octanol–water partition coefficient (Wildman–Crippen LogP) is 3.67. The summed E-state index contributed by atoms with van der Waals surface area (Å²) in [6.07, 6.45) is 5.97. The number of nitrogens with one attached hydrogen (secondary N) is 1. The zero-order valence-electron chi connectivity index (χ0n) is 10.2. The van der Waals surface area contributed by atoms with Gasteiger partial charge < -0.3 is 5.32 Å². The van der Waals surface area contributed by atoms with Gasteiger partial charge in [-0.05, 0) is 47.3 Å². The molecule has 1 amide bonds. The number of aryl methyl sites for hydroxylation is 1. The molecule has 1 aliphatic carbocycles. The predicted molar refractivity (Wildman–Crippen MR) is 71.9 cm³/mol. The Kier molecular flexibility index (Phi) is 3.52. The highest BCUT2D eigenvalue weighted by atomic mass is 79.9. The molecule has 1 fully saturated rings. The highest BCUT2D eigenvalue weighted by molar-refractivity contribution is 9.10. The zero-order chi connectivity index (χ0) is 12.5. The molecule has 17 heavy (non-hydrogen) atoms. The van der Waals surface area contributed by atoms with E-state index in [1.54, 1.807) is 6.20 Å². The van der Waals surface area contributed by atoms with Gasteiger partial charge in [0.1, 0.15) is 4.60 Å². The summed E-state index contributed by atoms with van der Waals surface area (Å²) in [5.74, 6) is 0.124. The molecule has 1 aliphatic rings. The van der Waals surface area contributed by atoms with E-state index >= 15 is 0 Å². The van der Waals surface area contributed by atoms with E-state index in [0.717, 1.165) is 41.5 Å². The molecule has 1 aromatic heterocycles. The molecule has 1 heterocycles. The number of hydrogen-bond acceptors (Lipinski definition) is 2. The summed E-state index contributed by atoms with van der Waals surface area (Å²) < 4.78 is 0.822. The van der Waals surface area contributed by atoms with Crippen molar-refractivity contribution in [2.45, 2.75) is 39.5 Å². The normalized spacial score (nSPS) is 18.1. The molecule has 92 valence electrons. The van der Waals surface area contributed by atoms with Crippen LogP contribution in [0.4, 0.5) is 5.69 Å². The zero-order valence-corrected chi connectivity index (χ0v) is 11.8. The minimum atomic E-state index is -0.193. The largest absolute Gasteiger partial charge is 0.324 e. The number of aromatic nitrogens is 1. The van der Waals surface area contributed by atoms with Crippen LogP contribution >= 0.6 is 15.9 Å². The Morgan fingerprint density at radius 1 is 1.47 bits per heavy atom. The van der Waals surface area contributed by atoms with Gasteiger partial charge in [0.05, 0.1) is 11.9 Å². The van der Waals surface area contributed by atoms with Gasteiger partial charge >= 0.3 is 0 Å². The lowest BCUT2D eigenvalue weighted by molar-refractivity contribution is -0.124. The Morgan fingerprint density at radius 3 is 2.71 bits per heavy atom. The summed E-state index contributed by atoms with van der Waals surface area (Å²) in [7, 11) is 0. The maximum Gasteiger partial charge on any atom is 0.230 e. The van der Waals surface area contributed by atoms with Crippen LogP contribution in [0.25, 0.3) is 0 Å². The van der Waals surface area contributed by atoms with Crippen molar-refractivity contribution < 1.29 is 4.79 Å². The SMILES string of the molecule is Cc1cc(NC(=O)C2(C)CCCC2)cnc1Br. The lowest BCUT2D eigenvalue weighted by Gasteiger charge is -2.22. The van der Waals surface area contributed by atoms with Crippen LogP contribution in [0.5, 0.6) is 0 Å². The van der Waals surface area contributed by atoms with E-state index in [1.165, 1.54) is 0 Å². The fraction of sp³-hybridized carbons (Fsp3) is 0.538. The molecule has 3 nitrogen and oxygen atoms in total. The minimum absolute atomic E-state index is 0.124. The van der Waals surface area contributed by atoms with Gasteiger partial charge in [0.2, 0.25) is 5.91 Å². The number of amides is 1. The van der Waals surface area contributed by atoms with Crippen molar-refractivity contribution in [3.05, 3.63) is 22.4 Å². The first-order valence-electron chi connectivity index (χ1n) is 5.95. The van der Waals surface area contributed by atoms with Crippen LogP contribution in [0.1, 0.15) is 38.2 Å². The van der Waals surface area contributed by atoms with Crippen LogP contribution in [-0.4, -0.2) is 10.9 Å². The van der Waals surface area contributed by atoms with Gasteiger partial charge in [-0.25, -0.2) is 4.98 Å². The topological polar surface area (TPSA) is 42.0 Å². The number of anilines is 1. The Bertz CT molecular complexity index is 439. The van der Waals surface area contributed by atoms with Crippen LogP contribution in [0.15, 0.2) is 16.9 Å². The van der Waals surface area contributed by atoms with E-state index in [0.29, 0.717) is 0 Å². The van der Waals surface area contributed by atoms with Gasteiger partial charge in [-0.3, -0.25) is 4.79 Å². The van der Waals surface area contributed by atoms with Gasteiger partial charge in [0.25, 0.3) is 0 Å². The second-order valence-electron chi connectivity index (χ2n) is 5.05. The van der Waals surface area contributed by atoms with E-state index in [9.17, 15) is 4.79 Å². The summed E-state index contributed by atoms with van der Waals surface area (Å²) >= 11 is 3.35. The van der Waals surface area contributed by atoms with Crippen molar-refractivity contribution in [3.8, 4) is 0 Å². The number of carbonyl (C=O) groups is 1. The molecule has 0 saturated heterocycles. The fourth-order valence-corrected chi connectivity index (χ4v) is 2.51. The Hall–Kier alpha value is -0.900. The van der Waals surface area contributed by atoms with Crippen LogP contribution in [0.3, 0.4) is 0 Å². The summed E-state index contributed by atoms with van der Waals surface area (Å²) in [4.78, 5) is 16.4. The van der Waals surface area contributed by atoms with E-state index in [4.69, 9.17) is 0 Å². The number of halogens is 1. The van der Waals surface area contributed by atoms with Crippen molar-refractivity contribution in [3.63, 3.8) is 0 Å². The molecule has 0 bridgehead atoms. The molecule has 1 aromatic rings. The molecule has 0 aliphatic heterocycles. The third-order valence-corrected chi connectivity index (χ3v) is 4.36. The molecular formula is C13H17BrN2O. The van der Waals surface area contributed by atoms with Gasteiger partial charge in [-0.2, -0.15) is 0 Å². The van der Waals surface area contributed by atoms with Gasteiger partial charge in [0.15, 0.2) is 0 Å². The van der Waals surface area contributed by atoms with Crippen LogP contribution in [0, 0.1) is 12.3 Å². The van der Waals surface area contributed by atoms with Crippen molar-refractivity contribution in [1.29, 1.82) is 0 Å². The number of nitrogens with zero attached hydrogens (tertiary/aromatic N) is 1. The van der Waals surface area contributed by atoms with Crippen molar-refractivity contribution in [2.75, 3.05) is 5.32 Å². The highest BCUT2D eigenvalue weighted by Gasteiger charge is 2.36. The Labute approximate surface area is 110 Å². The second kappa shape index (κ2) is 4.77. The number of rotatable bonds is 2. The molecule has 0 unspecified atom stereocenters. The van der Waals surface area contributed by atoms with Crippen molar-refractivity contribution >= 4 is 27.5 Å². The van der Waals surface area contributed by atoms with Crippen molar-refractivity contribution in [2.24, 2.45) is 5.41 Å². The molecule has 2 rings (SSSR count). The molecular weight excluding hydrogens is 280 g/mol. The summed E-state index contributed by atoms with van der Waals surface area (Å²) in [6.45, 7) is 4.01. The van der Waals surface area contributed by atoms with E-state index in [1.807, 2.05) is 13.0 Å². The van der Waals surface area contributed by atoms with E-state index in [-0.39, 0.29) is 11.3 Å². The maximum atomic E-state index is 12.2. The first-order valence-corrected chi connectivity index (χ1v) is 6.74. The molecule has 1 N–H and O–H groups in total. The second-order valence-corrected chi connectivity index (χ2v) is 5.80. The fourth-order valence-electron chi connectivity index (χ4n) is 2.29. The average molecular weight is 297 g/mol. The molecule has 0 atom stereocenters. The summed E-state index contributed by atoms with van der Waals surface area (Å²) in [5.41, 5.74) is 1.62. The Balaban J connectivity index is 2.10. The first-order chi connectivity index (χ1) is 8.01. The molecule has 0 radical (unpaired) electrons. The average Bonchev–Trinajstić information content (AvgIpc) is 2.72. The van der Waals surface area contributed by atoms with Crippen LogP contribution < -0.4 is 5.32 Å². The van der Waals surface area contributed by atoms with Crippen molar-refractivity contribution in [1.82, 2.24) is 4.98 Å². The van der Waals surface area contributed by atoms with Gasteiger partial charge in [-0.1, -0.05) is 19.8 Å². The molecule has 0 spiro atoms. The number of carbonyl (C=O) groups excluding carboxylic acids is 1. The maximum absolute atomic E-state index is 12.2. The smallest absolute Gasteiger partial charge is 0.230 e. The number of pyridine rings is 1. The standard InChI is InChI=1S/C13H17BrN2O/c1-9-7-10(8-15-11(9)14)16-12(17)13(2)5-3-4-6-13/h7-8H,3-6H2,1-2H3,(H,16,17). The lowest BCUT2D eigenvalue weighted by atomic mass is 9.88. The van der Waals surface area contributed by atoms with Gasteiger partial charge in [0, 0.05) is 5.41 Å². The van der Waals surface area contributed by atoms with Crippen LogP contribution in [0.2, 0.25) is 0 Å². The minimum Gasteiger partial charge on any atom is -0.324 e. The van der Waals surface area contributed by atoms with E-state index in [2.05, 4.69) is 33.2 Å². The third kappa shape index (κ3) is 2.68. The summed E-state index contributed by atoms with van der Waals surface area (Å²) in [5, 5.41) is 2.97. The van der Waals surface area contributed by atoms with Gasteiger partial charge in [-0.15, -0.1) is 0 Å². The monoisotopic (exact) mass is 296 g/mol. The lowest BCUT2D eigenvalue weighted by Crippen LogP contribution is -2.30. The number of hydrogen-bond donors (Lipinski definition) is 1. The summed E-state index contributed by atoms with van der Waals surface area (Å²) in [6, 6.07) is 1.94. The molecule has 0 aromatic carbocycles. The Morgan fingerprint density at radius 2 is 2.12 bits per heavy atom. The highest BCUT2D eigenvalue weighted by Crippen LogP contribution is 2.38. The van der Waals surface area contributed by atoms with Crippen LogP contribution in [-0.2, 0) is 4.79 Å². The molecule has 1 saturated carbocycles. The van der Waals surface area contributed by atoms with E-state index < -0.39 is 0 Å². The molecule has 4 heteroatoms. The quantitative estimate of drug-likeness (QED) is 0.846. The third-order valence-electron chi connectivity index (χ3n) is 3.53. The first kappa shape index (κ1) is 12.6.